The molecule has 0 atom stereocenters. The van der Waals surface area contributed by atoms with Gasteiger partial charge in [0.15, 0.2) is 0 Å². The fourth-order valence-electron chi connectivity index (χ4n) is 2.82. The van der Waals surface area contributed by atoms with Gasteiger partial charge in [0.2, 0.25) is 0 Å². The van der Waals surface area contributed by atoms with Crippen LogP contribution in [0.1, 0.15) is 35.4 Å². The first kappa shape index (κ1) is 15.3. The molecule has 23 heavy (non-hydrogen) atoms. The molecule has 2 heterocycles. The first-order valence-corrected chi connectivity index (χ1v) is 7.83. The van der Waals surface area contributed by atoms with Crippen molar-refractivity contribution in [2.75, 3.05) is 23.3 Å². The van der Waals surface area contributed by atoms with Gasteiger partial charge in [0.05, 0.1) is 11.3 Å². The van der Waals surface area contributed by atoms with Gasteiger partial charge >= 0.3 is 5.97 Å². The average molecular weight is 312 g/mol. The molecule has 0 spiro atoms. The molecule has 6 heteroatoms. The van der Waals surface area contributed by atoms with E-state index in [1.165, 1.54) is 19.3 Å². The van der Waals surface area contributed by atoms with Crippen molar-refractivity contribution in [1.82, 2.24) is 9.97 Å². The minimum Gasteiger partial charge on any atom is -0.478 e. The van der Waals surface area contributed by atoms with Crippen LogP contribution >= 0.6 is 0 Å². The van der Waals surface area contributed by atoms with E-state index in [-0.39, 0.29) is 5.56 Å². The zero-order valence-corrected chi connectivity index (χ0v) is 13.1. The Morgan fingerprint density at radius 1 is 1.17 bits per heavy atom. The number of carboxylic acids is 1. The van der Waals surface area contributed by atoms with E-state index in [1.807, 2.05) is 13.0 Å². The number of carbonyl (C=O) groups is 1. The second kappa shape index (κ2) is 6.64. The Morgan fingerprint density at radius 3 is 2.65 bits per heavy atom. The predicted molar refractivity (Wildman–Crippen MR) is 89.5 cm³/mol. The summed E-state index contributed by atoms with van der Waals surface area (Å²) < 4.78 is 0. The van der Waals surface area contributed by atoms with Crippen molar-refractivity contribution >= 4 is 23.3 Å². The summed E-state index contributed by atoms with van der Waals surface area (Å²) in [5.74, 6) is 1.22. The largest absolute Gasteiger partial charge is 0.478 e. The Morgan fingerprint density at radius 2 is 1.91 bits per heavy atom. The van der Waals surface area contributed by atoms with Crippen molar-refractivity contribution in [2.45, 2.75) is 26.2 Å². The number of nitrogens with zero attached hydrogens (tertiary/aromatic N) is 3. The Bertz CT molecular complexity index is 711. The van der Waals surface area contributed by atoms with Gasteiger partial charge in [-0.1, -0.05) is 12.1 Å². The van der Waals surface area contributed by atoms with Gasteiger partial charge in [-0.3, -0.25) is 0 Å². The van der Waals surface area contributed by atoms with Crippen LogP contribution < -0.4 is 10.2 Å². The highest BCUT2D eigenvalue weighted by molar-refractivity contribution is 5.95. The number of aryl methyl sites for hydroxylation is 1. The molecule has 0 amide bonds. The van der Waals surface area contributed by atoms with Crippen LogP contribution in [0.2, 0.25) is 0 Å². The maximum absolute atomic E-state index is 11.3. The summed E-state index contributed by atoms with van der Waals surface area (Å²) in [6.07, 6.45) is 3.61. The Hall–Kier alpha value is -2.63. The molecule has 0 saturated carbocycles. The monoisotopic (exact) mass is 312 g/mol. The summed E-state index contributed by atoms with van der Waals surface area (Å²) >= 11 is 0. The van der Waals surface area contributed by atoms with Crippen molar-refractivity contribution in [2.24, 2.45) is 0 Å². The maximum Gasteiger partial charge on any atom is 0.337 e. The summed E-state index contributed by atoms with van der Waals surface area (Å²) in [6.45, 7) is 3.85. The van der Waals surface area contributed by atoms with Crippen molar-refractivity contribution in [1.29, 1.82) is 0 Å². The minimum atomic E-state index is -0.963. The third kappa shape index (κ3) is 3.59. The molecule has 2 aromatic rings. The molecule has 1 aromatic carbocycles. The minimum absolute atomic E-state index is 0.225. The Balaban J connectivity index is 1.88. The van der Waals surface area contributed by atoms with Gasteiger partial charge in [-0.05, 0) is 38.3 Å². The molecular formula is C17H20N4O2. The predicted octanol–water partition coefficient (Wildman–Crippen LogP) is 3.22. The van der Waals surface area contributed by atoms with E-state index in [2.05, 4.69) is 20.2 Å². The normalized spacial score (nSPS) is 14.6. The summed E-state index contributed by atoms with van der Waals surface area (Å²) in [4.78, 5) is 22.5. The molecule has 1 aromatic heterocycles. The first-order valence-electron chi connectivity index (χ1n) is 7.83. The highest BCUT2D eigenvalue weighted by Gasteiger charge is 2.15. The molecule has 0 aliphatic carbocycles. The molecule has 120 valence electrons. The summed E-state index contributed by atoms with van der Waals surface area (Å²) in [7, 11) is 0. The smallest absolute Gasteiger partial charge is 0.337 e. The second-order valence-corrected chi connectivity index (χ2v) is 5.68. The van der Waals surface area contributed by atoms with E-state index in [0.29, 0.717) is 17.3 Å². The van der Waals surface area contributed by atoms with Crippen molar-refractivity contribution in [3.05, 3.63) is 41.7 Å². The van der Waals surface area contributed by atoms with Crippen LogP contribution in [0.4, 0.5) is 17.3 Å². The second-order valence-electron chi connectivity index (χ2n) is 5.68. The quantitative estimate of drug-likeness (QED) is 0.902. The van der Waals surface area contributed by atoms with Gasteiger partial charge in [0.25, 0.3) is 0 Å². The number of aromatic carboxylic acids is 1. The third-order valence-corrected chi connectivity index (χ3v) is 3.92. The zero-order valence-electron chi connectivity index (χ0n) is 13.1. The van der Waals surface area contributed by atoms with E-state index >= 15 is 0 Å². The summed E-state index contributed by atoms with van der Waals surface area (Å²) in [5.41, 5.74) is 0.756. The zero-order chi connectivity index (χ0) is 16.2. The van der Waals surface area contributed by atoms with Crippen molar-refractivity contribution in [3.8, 4) is 0 Å². The number of carboxylic acid groups (broad SMARTS) is 1. The molecular weight excluding hydrogens is 292 g/mol. The Labute approximate surface area is 135 Å². The highest BCUT2D eigenvalue weighted by Crippen LogP contribution is 2.24. The topological polar surface area (TPSA) is 78.3 Å². The molecule has 1 aliphatic rings. The molecule has 3 rings (SSSR count). The number of anilines is 3. The van der Waals surface area contributed by atoms with Crippen LogP contribution in [0.25, 0.3) is 0 Å². The van der Waals surface area contributed by atoms with Crippen LogP contribution in [0, 0.1) is 6.92 Å². The average Bonchev–Trinajstić information content (AvgIpc) is 2.55. The first-order chi connectivity index (χ1) is 11.1. The van der Waals surface area contributed by atoms with Gasteiger partial charge in [-0.25, -0.2) is 14.8 Å². The lowest BCUT2D eigenvalue weighted by molar-refractivity contribution is 0.0698. The fraction of sp³-hybridized carbons (Fsp3) is 0.353. The van der Waals surface area contributed by atoms with Gasteiger partial charge in [-0.2, -0.15) is 0 Å². The molecule has 1 aliphatic heterocycles. The lowest BCUT2D eigenvalue weighted by Crippen LogP contribution is -2.30. The van der Waals surface area contributed by atoms with E-state index in [9.17, 15) is 9.90 Å². The molecule has 1 fully saturated rings. The lowest BCUT2D eigenvalue weighted by atomic mass is 10.1. The van der Waals surface area contributed by atoms with Gasteiger partial charge in [0, 0.05) is 19.2 Å². The SMILES string of the molecule is Cc1nc(Nc2ccccc2C(=O)O)cc(N2CCCCC2)n1. The number of rotatable bonds is 4. The van der Waals surface area contributed by atoms with E-state index < -0.39 is 5.97 Å². The highest BCUT2D eigenvalue weighted by atomic mass is 16.4. The molecule has 0 bridgehead atoms. The van der Waals surface area contributed by atoms with Gasteiger partial charge in [0.1, 0.15) is 17.5 Å². The third-order valence-electron chi connectivity index (χ3n) is 3.92. The molecule has 2 N–H and O–H groups in total. The van der Waals surface area contributed by atoms with E-state index in [1.54, 1.807) is 24.3 Å². The molecule has 1 saturated heterocycles. The number of hydrogen-bond acceptors (Lipinski definition) is 5. The maximum atomic E-state index is 11.3. The van der Waals surface area contributed by atoms with Gasteiger partial charge in [-0.15, -0.1) is 0 Å². The number of piperidine rings is 1. The number of hydrogen-bond donors (Lipinski definition) is 2. The van der Waals surface area contributed by atoms with Crippen LogP contribution in [0.5, 0.6) is 0 Å². The van der Waals surface area contributed by atoms with E-state index in [4.69, 9.17) is 0 Å². The Kier molecular flexibility index (Phi) is 4.41. The van der Waals surface area contributed by atoms with Crippen LogP contribution in [0.15, 0.2) is 30.3 Å². The van der Waals surface area contributed by atoms with Gasteiger partial charge < -0.3 is 15.3 Å². The lowest BCUT2D eigenvalue weighted by Gasteiger charge is -2.28. The van der Waals surface area contributed by atoms with Crippen molar-refractivity contribution in [3.63, 3.8) is 0 Å². The van der Waals surface area contributed by atoms with Crippen LogP contribution in [-0.4, -0.2) is 34.1 Å². The molecule has 0 unspecified atom stereocenters. The standard InChI is InChI=1S/C17H20N4O2/c1-12-18-15(11-16(19-12)21-9-5-2-6-10-21)20-14-8-4-3-7-13(14)17(22)23/h3-4,7-8,11H,2,5-6,9-10H2,1H3,(H,22,23)(H,18,19,20). The fourth-order valence-corrected chi connectivity index (χ4v) is 2.82. The number of aromatic nitrogens is 2. The number of benzene rings is 1. The van der Waals surface area contributed by atoms with Crippen molar-refractivity contribution < 1.29 is 9.90 Å². The summed E-state index contributed by atoms with van der Waals surface area (Å²) in [5, 5.41) is 12.4. The molecule has 0 radical (unpaired) electrons. The number of nitrogens with one attached hydrogen (secondary N) is 1. The number of para-hydroxylation sites is 1. The van der Waals surface area contributed by atoms with Crippen LogP contribution in [-0.2, 0) is 0 Å². The van der Waals surface area contributed by atoms with E-state index in [0.717, 1.165) is 18.9 Å². The van der Waals surface area contributed by atoms with Crippen LogP contribution in [0.3, 0.4) is 0 Å². The molecule has 6 nitrogen and oxygen atoms in total. The summed E-state index contributed by atoms with van der Waals surface area (Å²) in [6, 6.07) is 8.70.